The molecule has 0 radical (unpaired) electrons. The third-order valence-electron chi connectivity index (χ3n) is 2.03. The van der Waals surface area contributed by atoms with Crippen LogP contribution in [0.5, 0.6) is 0 Å². The van der Waals surface area contributed by atoms with Gasteiger partial charge in [0.25, 0.3) is 6.67 Å². The van der Waals surface area contributed by atoms with Crippen molar-refractivity contribution in [3.8, 4) is 0 Å². The molecule has 1 saturated heterocycles. The van der Waals surface area contributed by atoms with E-state index < -0.39 is 6.10 Å². The summed E-state index contributed by atoms with van der Waals surface area (Å²) < 4.78 is 5.51. The van der Waals surface area contributed by atoms with Crippen LogP contribution >= 0.6 is 0 Å². The van der Waals surface area contributed by atoms with Crippen molar-refractivity contribution in [2.45, 2.75) is 32.2 Å². The van der Waals surface area contributed by atoms with Crippen LogP contribution in [0.1, 0.15) is 13.8 Å². The summed E-state index contributed by atoms with van der Waals surface area (Å²) >= 11 is 0. The van der Waals surface area contributed by atoms with Crippen LogP contribution in [0.15, 0.2) is 0 Å². The SMILES string of the molecule is [C-]#[N+]CN1C[C@H](O)[C@H](OC(C)C)C1. The maximum Gasteiger partial charge on any atom is 0.270 e. The molecule has 0 bridgehead atoms. The summed E-state index contributed by atoms with van der Waals surface area (Å²) in [5, 5.41) is 9.57. The van der Waals surface area contributed by atoms with Crippen molar-refractivity contribution < 1.29 is 9.84 Å². The number of β-amino-alcohol motifs (C(OH)–C–C–N with tert-alkyl or cyclic N) is 1. The number of aliphatic hydroxyl groups is 1. The monoisotopic (exact) mass is 184 g/mol. The number of nitrogens with zero attached hydrogens (tertiary/aromatic N) is 2. The molecule has 74 valence electrons. The minimum atomic E-state index is -0.441. The summed E-state index contributed by atoms with van der Waals surface area (Å²) in [5.74, 6) is 0. The fourth-order valence-corrected chi connectivity index (χ4v) is 1.53. The molecule has 13 heavy (non-hydrogen) atoms. The smallest absolute Gasteiger partial charge is 0.270 e. The normalized spacial score (nSPS) is 29.5. The average molecular weight is 184 g/mol. The number of hydrogen-bond acceptors (Lipinski definition) is 3. The van der Waals surface area contributed by atoms with Gasteiger partial charge in [0.1, 0.15) is 0 Å². The molecule has 4 heteroatoms. The first-order chi connectivity index (χ1) is 6.13. The van der Waals surface area contributed by atoms with E-state index in [1.165, 1.54) is 0 Å². The van der Waals surface area contributed by atoms with Gasteiger partial charge in [0, 0.05) is 13.1 Å². The van der Waals surface area contributed by atoms with E-state index in [1.807, 2.05) is 18.7 Å². The summed E-state index contributed by atoms with van der Waals surface area (Å²) in [4.78, 5) is 5.18. The van der Waals surface area contributed by atoms with Gasteiger partial charge in [-0.1, -0.05) is 0 Å². The fraction of sp³-hybridized carbons (Fsp3) is 0.889. The lowest BCUT2D eigenvalue weighted by Gasteiger charge is -2.17. The van der Waals surface area contributed by atoms with Crippen LogP contribution in [0.3, 0.4) is 0 Å². The standard InChI is InChI=1S/C9H16N2O2/c1-7(2)13-9-5-11(6-10-3)4-8(9)12/h7-9,12H,4-6H2,1-2H3/t8-,9+/m0/s1. The zero-order valence-corrected chi connectivity index (χ0v) is 8.10. The number of rotatable bonds is 3. The van der Waals surface area contributed by atoms with E-state index in [0.717, 1.165) is 0 Å². The predicted molar refractivity (Wildman–Crippen MR) is 49.1 cm³/mol. The molecule has 0 saturated carbocycles. The minimum absolute atomic E-state index is 0.123. The number of ether oxygens (including phenoxy) is 1. The summed E-state index contributed by atoms with van der Waals surface area (Å²) in [6.07, 6.45) is -0.432. The molecule has 1 rings (SSSR count). The first kappa shape index (κ1) is 10.5. The molecule has 0 spiro atoms. The molecule has 1 fully saturated rings. The number of likely N-dealkylation sites (tertiary alicyclic amines) is 1. The second kappa shape index (κ2) is 4.56. The van der Waals surface area contributed by atoms with Gasteiger partial charge in [-0.2, -0.15) is 0 Å². The molecule has 1 N–H and O–H groups in total. The highest BCUT2D eigenvalue weighted by atomic mass is 16.5. The Hall–Kier alpha value is -0.630. The van der Waals surface area contributed by atoms with Crippen molar-refractivity contribution in [3.05, 3.63) is 11.4 Å². The van der Waals surface area contributed by atoms with Crippen LogP contribution < -0.4 is 0 Å². The highest BCUT2D eigenvalue weighted by molar-refractivity contribution is 4.86. The third-order valence-corrected chi connectivity index (χ3v) is 2.03. The zero-order valence-electron chi connectivity index (χ0n) is 8.10. The second-order valence-corrected chi connectivity index (χ2v) is 3.63. The maximum absolute atomic E-state index is 9.57. The largest absolute Gasteiger partial charge is 0.389 e. The molecule has 2 atom stereocenters. The molecule has 0 aliphatic carbocycles. The van der Waals surface area contributed by atoms with E-state index in [4.69, 9.17) is 11.3 Å². The molecule has 0 aromatic heterocycles. The summed E-state index contributed by atoms with van der Waals surface area (Å²) in [7, 11) is 0. The minimum Gasteiger partial charge on any atom is -0.389 e. The van der Waals surface area contributed by atoms with Crippen LogP contribution in [0.2, 0.25) is 0 Å². The number of aliphatic hydroxyl groups excluding tert-OH is 1. The Morgan fingerprint density at radius 2 is 2.31 bits per heavy atom. The van der Waals surface area contributed by atoms with Crippen molar-refractivity contribution in [2.24, 2.45) is 0 Å². The average Bonchev–Trinajstić information content (AvgIpc) is 2.31. The number of hydrogen-bond donors (Lipinski definition) is 1. The van der Waals surface area contributed by atoms with Gasteiger partial charge in [0.15, 0.2) is 0 Å². The quantitative estimate of drug-likeness (QED) is 0.642. The van der Waals surface area contributed by atoms with E-state index in [9.17, 15) is 5.11 Å². The molecule has 0 aromatic carbocycles. The molecular weight excluding hydrogens is 168 g/mol. The van der Waals surface area contributed by atoms with Gasteiger partial charge < -0.3 is 9.84 Å². The molecular formula is C9H16N2O2. The van der Waals surface area contributed by atoms with Crippen molar-refractivity contribution in [1.29, 1.82) is 0 Å². The van der Waals surface area contributed by atoms with Gasteiger partial charge >= 0.3 is 0 Å². The molecule has 0 unspecified atom stereocenters. The fourth-order valence-electron chi connectivity index (χ4n) is 1.53. The van der Waals surface area contributed by atoms with Crippen LogP contribution in [-0.2, 0) is 4.74 Å². The van der Waals surface area contributed by atoms with Crippen molar-refractivity contribution in [1.82, 2.24) is 4.90 Å². The first-order valence-corrected chi connectivity index (χ1v) is 4.52. The van der Waals surface area contributed by atoms with Gasteiger partial charge in [-0.3, -0.25) is 4.85 Å². The summed E-state index contributed by atoms with van der Waals surface area (Å²) in [5.41, 5.74) is 0. The van der Waals surface area contributed by atoms with Gasteiger partial charge in [0.2, 0.25) is 0 Å². The van der Waals surface area contributed by atoms with Gasteiger partial charge in [0.05, 0.1) is 18.3 Å². The Labute approximate surface area is 78.9 Å². The van der Waals surface area contributed by atoms with Crippen LogP contribution in [0.25, 0.3) is 4.85 Å². The molecule has 1 heterocycles. The molecule has 1 aliphatic heterocycles. The van der Waals surface area contributed by atoms with E-state index in [1.54, 1.807) is 0 Å². The van der Waals surface area contributed by atoms with Crippen molar-refractivity contribution in [3.63, 3.8) is 0 Å². The van der Waals surface area contributed by atoms with Crippen LogP contribution in [0.4, 0.5) is 0 Å². The van der Waals surface area contributed by atoms with E-state index in [2.05, 4.69) is 4.85 Å². The Bertz CT molecular complexity index is 200. The summed E-state index contributed by atoms with van der Waals surface area (Å²) in [6, 6.07) is 0. The maximum atomic E-state index is 9.57. The Morgan fingerprint density at radius 3 is 2.85 bits per heavy atom. The van der Waals surface area contributed by atoms with Gasteiger partial charge in [-0.05, 0) is 13.8 Å². The van der Waals surface area contributed by atoms with E-state index in [-0.39, 0.29) is 12.2 Å². The topological polar surface area (TPSA) is 37.1 Å². The molecule has 0 aromatic rings. The van der Waals surface area contributed by atoms with Crippen molar-refractivity contribution >= 4 is 0 Å². The zero-order chi connectivity index (χ0) is 9.84. The van der Waals surface area contributed by atoms with Gasteiger partial charge in [-0.25, -0.2) is 11.5 Å². The Balaban J connectivity index is 2.38. The Kier molecular flexibility index (Phi) is 3.67. The van der Waals surface area contributed by atoms with Crippen molar-refractivity contribution in [2.75, 3.05) is 19.8 Å². The first-order valence-electron chi connectivity index (χ1n) is 4.52. The molecule has 0 amide bonds. The highest BCUT2D eigenvalue weighted by Gasteiger charge is 2.33. The molecule has 4 nitrogen and oxygen atoms in total. The lowest BCUT2D eigenvalue weighted by molar-refractivity contribution is -0.0395. The second-order valence-electron chi connectivity index (χ2n) is 3.63. The van der Waals surface area contributed by atoms with Crippen LogP contribution in [-0.4, -0.2) is 48.1 Å². The van der Waals surface area contributed by atoms with E-state index in [0.29, 0.717) is 19.8 Å². The third kappa shape index (κ3) is 2.96. The summed E-state index contributed by atoms with van der Waals surface area (Å²) in [6.45, 7) is 12.2. The van der Waals surface area contributed by atoms with Gasteiger partial charge in [-0.15, -0.1) is 0 Å². The van der Waals surface area contributed by atoms with E-state index >= 15 is 0 Å². The highest BCUT2D eigenvalue weighted by Crippen LogP contribution is 2.14. The van der Waals surface area contributed by atoms with Crippen LogP contribution in [0, 0.1) is 6.57 Å². The molecule has 1 aliphatic rings. The lowest BCUT2D eigenvalue weighted by Crippen LogP contribution is -2.29. The predicted octanol–water partition coefficient (Wildman–Crippen LogP) is 0.333. The lowest BCUT2D eigenvalue weighted by atomic mass is 10.2. The Morgan fingerprint density at radius 1 is 1.62 bits per heavy atom.